The maximum absolute atomic E-state index is 9.65. The number of methoxy groups -OCH3 is 1. The zero-order chi connectivity index (χ0) is 13.0. The summed E-state index contributed by atoms with van der Waals surface area (Å²) in [4.78, 5) is 4.27. The highest BCUT2D eigenvalue weighted by atomic mass is 16.5. The molecular weight excluding hydrogens is 232 g/mol. The molecule has 1 unspecified atom stereocenters. The van der Waals surface area contributed by atoms with Crippen molar-refractivity contribution in [1.82, 2.24) is 10.1 Å². The van der Waals surface area contributed by atoms with Crippen LogP contribution in [0.5, 0.6) is 5.75 Å². The van der Waals surface area contributed by atoms with Crippen LogP contribution >= 0.6 is 0 Å². The fraction of sp³-hybridized carbons (Fsp3) is 0.385. The second kappa shape index (κ2) is 5.64. The van der Waals surface area contributed by atoms with E-state index in [2.05, 4.69) is 10.1 Å². The van der Waals surface area contributed by atoms with Gasteiger partial charge in [0.1, 0.15) is 5.75 Å². The van der Waals surface area contributed by atoms with Gasteiger partial charge in [-0.2, -0.15) is 4.98 Å². The SMILES string of the molecule is COC(C)Cc1noc(Cc2ccccc2O)n1. The number of aromatic hydroxyl groups is 1. The molecule has 5 heteroatoms. The normalized spacial score (nSPS) is 12.6. The van der Waals surface area contributed by atoms with E-state index in [4.69, 9.17) is 9.26 Å². The number of phenolic OH excluding ortho intramolecular Hbond substituents is 1. The third-order valence-electron chi connectivity index (χ3n) is 2.72. The van der Waals surface area contributed by atoms with Gasteiger partial charge in [-0.1, -0.05) is 23.4 Å². The van der Waals surface area contributed by atoms with Gasteiger partial charge in [-0.3, -0.25) is 0 Å². The molecular formula is C13H16N2O3. The van der Waals surface area contributed by atoms with Crippen LogP contribution in [0.4, 0.5) is 0 Å². The van der Waals surface area contributed by atoms with Crippen molar-refractivity contribution in [2.75, 3.05) is 7.11 Å². The third kappa shape index (κ3) is 3.07. The zero-order valence-corrected chi connectivity index (χ0v) is 10.5. The van der Waals surface area contributed by atoms with Crippen LogP contribution < -0.4 is 0 Å². The number of rotatable bonds is 5. The first kappa shape index (κ1) is 12.6. The van der Waals surface area contributed by atoms with Gasteiger partial charge < -0.3 is 14.4 Å². The Balaban J connectivity index is 2.05. The van der Waals surface area contributed by atoms with Gasteiger partial charge in [0.05, 0.1) is 12.5 Å². The van der Waals surface area contributed by atoms with E-state index in [1.54, 1.807) is 19.2 Å². The van der Waals surface area contributed by atoms with Crippen LogP contribution in [-0.4, -0.2) is 28.5 Å². The van der Waals surface area contributed by atoms with Crippen molar-refractivity contribution in [2.24, 2.45) is 0 Å². The Kier molecular flexibility index (Phi) is 3.94. The highest BCUT2D eigenvalue weighted by Gasteiger charge is 2.11. The van der Waals surface area contributed by atoms with Gasteiger partial charge in [0.2, 0.25) is 5.89 Å². The minimum Gasteiger partial charge on any atom is -0.508 e. The summed E-state index contributed by atoms with van der Waals surface area (Å²) in [5.41, 5.74) is 0.771. The zero-order valence-electron chi connectivity index (χ0n) is 10.5. The van der Waals surface area contributed by atoms with Crippen molar-refractivity contribution in [3.8, 4) is 5.75 Å². The van der Waals surface area contributed by atoms with Crippen LogP contribution in [-0.2, 0) is 17.6 Å². The summed E-state index contributed by atoms with van der Waals surface area (Å²) < 4.78 is 10.3. The van der Waals surface area contributed by atoms with Crippen LogP contribution in [0.25, 0.3) is 0 Å². The molecule has 0 aliphatic carbocycles. The maximum Gasteiger partial charge on any atom is 0.231 e. The largest absolute Gasteiger partial charge is 0.508 e. The standard InChI is InChI=1S/C13H16N2O3/c1-9(17-2)7-12-14-13(18-15-12)8-10-5-3-4-6-11(10)16/h3-6,9,16H,7-8H2,1-2H3. The number of hydrogen-bond donors (Lipinski definition) is 1. The van der Waals surface area contributed by atoms with E-state index >= 15 is 0 Å². The van der Waals surface area contributed by atoms with Crippen molar-refractivity contribution in [1.29, 1.82) is 0 Å². The van der Waals surface area contributed by atoms with E-state index in [0.717, 1.165) is 5.56 Å². The number of benzene rings is 1. The lowest BCUT2D eigenvalue weighted by molar-refractivity contribution is 0.116. The molecule has 96 valence electrons. The highest BCUT2D eigenvalue weighted by Crippen LogP contribution is 2.18. The molecule has 1 heterocycles. The minimum atomic E-state index is 0.0561. The Labute approximate surface area is 105 Å². The van der Waals surface area contributed by atoms with Crippen LogP contribution in [0.2, 0.25) is 0 Å². The lowest BCUT2D eigenvalue weighted by Crippen LogP contribution is -2.09. The topological polar surface area (TPSA) is 68.4 Å². The second-order valence-corrected chi connectivity index (χ2v) is 4.16. The minimum absolute atomic E-state index is 0.0561. The Morgan fingerprint density at radius 2 is 2.17 bits per heavy atom. The number of ether oxygens (including phenoxy) is 1. The molecule has 0 saturated heterocycles. The molecule has 2 rings (SSSR count). The van der Waals surface area contributed by atoms with E-state index < -0.39 is 0 Å². The van der Waals surface area contributed by atoms with Crippen molar-refractivity contribution >= 4 is 0 Å². The molecule has 0 saturated carbocycles. The average molecular weight is 248 g/mol. The molecule has 1 N–H and O–H groups in total. The second-order valence-electron chi connectivity index (χ2n) is 4.16. The van der Waals surface area contributed by atoms with Gasteiger partial charge in [0, 0.05) is 19.1 Å². The lowest BCUT2D eigenvalue weighted by atomic mass is 10.1. The summed E-state index contributed by atoms with van der Waals surface area (Å²) in [5, 5.41) is 13.5. The van der Waals surface area contributed by atoms with Crippen LogP contribution in [0, 0.1) is 0 Å². The molecule has 0 radical (unpaired) electrons. The summed E-state index contributed by atoms with van der Waals surface area (Å²) in [6.45, 7) is 1.94. The lowest BCUT2D eigenvalue weighted by Gasteiger charge is -2.04. The number of hydrogen-bond acceptors (Lipinski definition) is 5. The van der Waals surface area contributed by atoms with Crippen LogP contribution in [0.15, 0.2) is 28.8 Å². The number of phenols is 1. The van der Waals surface area contributed by atoms with E-state index in [9.17, 15) is 5.11 Å². The highest BCUT2D eigenvalue weighted by molar-refractivity contribution is 5.33. The molecule has 2 aromatic rings. The van der Waals surface area contributed by atoms with Gasteiger partial charge in [-0.15, -0.1) is 0 Å². The number of nitrogens with zero attached hydrogens (tertiary/aromatic N) is 2. The first-order valence-corrected chi connectivity index (χ1v) is 5.80. The van der Waals surface area contributed by atoms with Gasteiger partial charge >= 0.3 is 0 Å². The van der Waals surface area contributed by atoms with Crippen molar-refractivity contribution in [3.05, 3.63) is 41.5 Å². The Morgan fingerprint density at radius 3 is 2.89 bits per heavy atom. The maximum atomic E-state index is 9.65. The first-order valence-electron chi connectivity index (χ1n) is 5.80. The quantitative estimate of drug-likeness (QED) is 0.875. The molecule has 1 atom stereocenters. The van der Waals surface area contributed by atoms with Gasteiger partial charge in [-0.05, 0) is 13.0 Å². The summed E-state index contributed by atoms with van der Waals surface area (Å²) in [6, 6.07) is 7.11. The predicted octanol–water partition coefficient (Wildman–Crippen LogP) is 1.94. The molecule has 0 aliphatic heterocycles. The average Bonchev–Trinajstić information content (AvgIpc) is 2.79. The summed E-state index contributed by atoms with van der Waals surface area (Å²) in [7, 11) is 1.65. The number of aromatic nitrogens is 2. The summed E-state index contributed by atoms with van der Waals surface area (Å²) in [5.74, 6) is 1.35. The Hall–Kier alpha value is -1.88. The van der Waals surface area contributed by atoms with Crippen molar-refractivity contribution in [2.45, 2.75) is 25.9 Å². The van der Waals surface area contributed by atoms with Crippen molar-refractivity contribution in [3.63, 3.8) is 0 Å². The fourth-order valence-corrected chi connectivity index (χ4v) is 1.61. The monoisotopic (exact) mass is 248 g/mol. The van der Waals surface area contributed by atoms with E-state index in [1.807, 2.05) is 19.1 Å². The molecule has 0 aliphatic rings. The predicted molar refractivity (Wildman–Crippen MR) is 65.4 cm³/mol. The molecule has 5 nitrogen and oxygen atoms in total. The smallest absolute Gasteiger partial charge is 0.231 e. The Bertz CT molecular complexity index is 510. The van der Waals surface area contributed by atoms with E-state index in [1.165, 1.54) is 0 Å². The fourth-order valence-electron chi connectivity index (χ4n) is 1.61. The Morgan fingerprint density at radius 1 is 1.39 bits per heavy atom. The van der Waals surface area contributed by atoms with Crippen LogP contribution in [0.3, 0.4) is 0 Å². The molecule has 0 spiro atoms. The molecule has 1 aromatic heterocycles. The van der Waals surface area contributed by atoms with E-state index in [0.29, 0.717) is 24.6 Å². The van der Waals surface area contributed by atoms with Gasteiger partial charge in [0.25, 0.3) is 0 Å². The number of para-hydroxylation sites is 1. The van der Waals surface area contributed by atoms with E-state index in [-0.39, 0.29) is 11.9 Å². The van der Waals surface area contributed by atoms with Crippen LogP contribution in [0.1, 0.15) is 24.2 Å². The van der Waals surface area contributed by atoms with Gasteiger partial charge in [0.15, 0.2) is 5.82 Å². The summed E-state index contributed by atoms with van der Waals surface area (Å²) >= 11 is 0. The third-order valence-corrected chi connectivity index (χ3v) is 2.72. The molecule has 0 bridgehead atoms. The molecule has 18 heavy (non-hydrogen) atoms. The van der Waals surface area contributed by atoms with Crippen molar-refractivity contribution < 1.29 is 14.4 Å². The molecule has 0 fully saturated rings. The summed E-state index contributed by atoms with van der Waals surface area (Å²) in [6.07, 6.45) is 1.10. The van der Waals surface area contributed by atoms with Gasteiger partial charge in [-0.25, -0.2) is 0 Å². The molecule has 1 aromatic carbocycles. The first-order chi connectivity index (χ1) is 8.69. The molecule has 0 amide bonds.